The van der Waals surface area contributed by atoms with E-state index in [2.05, 4.69) is 5.32 Å². The van der Waals surface area contributed by atoms with Crippen molar-refractivity contribution in [1.29, 1.82) is 0 Å². The Morgan fingerprint density at radius 2 is 1.89 bits per heavy atom. The first-order chi connectivity index (χ1) is 8.75. The molecular formula is C12H20N2O4S. The molecule has 0 bridgehead atoms. The van der Waals surface area contributed by atoms with E-state index in [0.29, 0.717) is 5.75 Å². The van der Waals surface area contributed by atoms with Crippen LogP contribution in [0, 0.1) is 5.92 Å². The molecule has 2 amide bonds. The maximum Gasteiger partial charge on any atom is 0.327 e. The van der Waals surface area contributed by atoms with Gasteiger partial charge in [0.1, 0.15) is 12.1 Å². The van der Waals surface area contributed by atoms with Gasteiger partial charge in [0.05, 0.1) is 5.37 Å². The van der Waals surface area contributed by atoms with E-state index in [9.17, 15) is 19.5 Å². The topological polar surface area (TPSA) is 86.7 Å². The highest BCUT2D eigenvalue weighted by Crippen LogP contribution is 2.34. The van der Waals surface area contributed by atoms with E-state index in [1.807, 2.05) is 13.8 Å². The van der Waals surface area contributed by atoms with Gasteiger partial charge in [-0.3, -0.25) is 9.59 Å². The van der Waals surface area contributed by atoms with Crippen LogP contribution in [0.5, 0.6) is 0 Å². The maximum absolute atomic E-state index is 12.3. The SMILES string of the molecule is CC(=O)NC(C)C(=O)N1C(C(=O)O)CSC1C(C)C. The standard InChI is InChI=1S/C12H20N2O4S/c1-6(2)11-14(9(5-19-11)12(17)18)10(16)7(3)13-8(4)15/h6-7,9,11H,5H2,1-4H3,(H,13,15)(H,17,18). The zero-order valence-corrected chi connectivity index (χ0v) is 12.4. The van der Waals surface area contributed by atoms with E-state index in [-0.39, 0.29) is 23.1 Å². The minimum Gasteiger partial charge on any atom is -0.480 e. The molecule has 7 heteroatoms. The molecule has 3 atom stereocenters. The number of amides is 2. The smallest absolute Gasteiger partial charge is 0.327 e. The Kier molecular flexibility index (Phi) is 5.22. The number of thioether (sulfide) groups is 1. The van der Waals surface area contributed by atoms with Crippen molar-refractivity contribution in [3.8, 4) is 0 Å². The van der Waals surface area contributed by atoms with Gasteiger partial charge in [-0.25, -0.2) is 4.79 Å². The molecule has 0 saturated carbocycles. The molecule has 108 valence electrons. The molecular weight excluding hydrogens is 268 g/mol. The Morgan fingerprint density at radius 3 is 2.32 bits per heavy atom. The third-order valence-corrected chi connectivity index (χ3v) is 4.56. The van der Waals surface area contributed by atoms with Crippen molar-refractivity contribution in [2.24, 2.45) is 5.92 Å². The summed E-state index contributed by atoms with van der Waals surface area (Å²) in [5, 5.41) is 11.5. The summed E-state index contributed by atoms with van der Waals surface area (Å²) in [5.74, 6) is -1.11. The van der Waals surface area contributed by atoms with Crippen LogP contribution in [0.2, 0.25) is 0 Å². The fourth-order valence-electron chi connectivity index (χ4n) is 2.10. The molecule has 3 unspecified atom stereocenters. The first kappa shape index (κ1) is 15.8. The summed E-state index contributed by atoms with van der Waals surface area (Å²) in [6, 6.07) is -1.53. The Labute approximate surface area is 116 Å². The van der Waals surface area contributed by atoms with Gasteiger partial charge in [0.2, 0.25) is 11.8 Å². The van der Waals surface area contributed by atoms with E-state index >= 15 is 0 Å². The van der Waals surface area contributed by atoms with Crippen LogP contribution in [0.1, 0.15) is 27.7 Å². The number of nitrogens with one attached hydrogen (secondary N) is 1. The van der Waals surface area contributed by atoms with Crippen LogP contribution in [0.15, 0.2) is 0 Å². The van der Waals surface area contributed by atoms with Crippen LogP contribution in [0.4, 0.5) is 0 Å². The highest BCUT2D eigenvalue weighted by atomic mass is 32.2. The summed E-state index contributed by atoms with van der Waals surface area (Å²) in [7, 11) is 0. The molecule has 1 heterocycles. The van der Waals surface area contributed by atoms with Crippen LogP contribution < -0.4 is 5.32 Å². The average molecular weight is 288 g/mol. The number of aliphatic carboxylic acids is 1. The fraction of sp³-hybridized carbons (Fsp3) is 0.750. The predicted molar refractivity (Wildman–Crippen MR) is 72.6 cm³/mol. The summed E-state index contributed by atoms with van der Waals surface area (Å²) in [6.45, 7) is 6.80. The van der Waals surface area contributed by atoms with Gasteiger partial charge in [0.25, 0.3) is 0 Å². The van der Waals surface area contributed by atoms with Gasteiger partial charge in [0.15, 0.2) is 0 Å². The number of hydrogen-bond acceptors (Lipinski definition) is 4. The van der Waals surface area contributed by atoms with Crippen molar-refractivity contribution in [1.82, 2.24) is 10.2 Å². The number of carbonyl (C=O) groups is 3. The third kappa shape index (κ3) is 3.62. The van der Waals surface area contributed by atoms with Crippen molar-refractivity contribution >= 4 is 29.5 Å². The van der Waals surface area contributed by atoms with Crippen LogP contribution in [0.25, 0.3) is 0 Å². The second kappa shape index (κ2) is 6.27. The molecule has 0 aromatic heterocycles. The number of nitrogens with zero attached hydrogens (tertiary/aromatic N) is 1. The van der Waals surface area contributed by atoms with Gasteiger partial charge in [-0.2, -0.15) is 0 Å². The van der Waals surface area contributed by atoms with Gasteiger partial charge in [-0.05, 0) is 12.8 Å². The normalized spacial score (nSPS) is 24.4. The number of rotatable bonds is 4. The summed E-state index contributed by atoms with van der Waals surface area (Å²) >= 11 is 1.47. The lowest BCUT2D eigenvalue weighted by Gasteiger charge is -2.31. The Morgan fingerprint density at radius 1 is 1.32 bits per heavy atom. The van der Waals surface area contributed by atoms with E-state index in [1.165, 1.54) is 23.6 Å². The number of hydrogen-bond donors (Lipinski definition) is 2. The summed E-state index contributed by atoms with van der Waals surface area (Å²) < 4.78 is 0. The van der Waals surface area contributed by atoms with Crippen molar-refractivity contribution in [3.05, 3.63) is 0 Å². The molecule has 1 aliphatic heterocycles. The summed E-state index contributed by atoms with van der Waals surface area (Å²) in [6.07, 6.45) is 0. The number of carboxylic acid groups (broad SMARTS) is 1. The zero-order valence-electron chi connectivity index (χ0n) is 11.5. The molecule has 19 heavy (non-hydrogen) atoms. The lowest BCUT2D eigenvalue weighted by Crippen LogP contribution is -2.54. The fourth-order valence-corrected chi connectivity index (χ4v) is 3.58. The van der Waals surface area contributed by atoms with Crippen molar-refractivity contribution < 1.29 is 19.5 Å². The molecule has 0 aromatic rings. The molecule has 1 fully saturated rings. The molecule has 1 saturated heterocycles. The molecule has 0 aliphatic carbocycles. The summed E-state index contributed by atoms with van der Waals surface area (Å²) in [4.78, 5) is 36.0. The molecule has 2 N–H and O–H groups in total. The molecule has 1 rings (SSSR count). The number of carboxylic acids is 1. The highest BCUT2D eigenvalue weighted by Gasteiger charge is 2.44. The Bertz CT molecular complexity index is 386. The minimum atomic E-state index is -1.00. The second-order valence-corrected chi connectivity index (χ2v) is 6.14. The highest BCUT2D eigenvalue weighted by molar-refractivity contribution is 8.00. The molecule has 0 spiro atoms. The quantitative estimate of drug-likeness (QED) is 0.787. The van der Waals surface area contributed by atoms with Crippen LogP contribution in [-0.4, -0.2) is 51.0 Å². The van der Waals surface area contributed by atoms with Crippen molar-refractivity contribution in [2.75, 3.05) is 5.75 Å². The molecule has 1 aliphatic rings. The van der Waals surface area contributed by atoms with Crippen LogP contribution in [-0.2, 0) is 14.4 Å². The van der Waals surface area contributed by atoms with Gasteiger partial charge < -0.3 is 15.3 Å². The predicted octanol–water partition coefficient (Wildman–Crippen LogP) is 0.522. The number of carbonyl (C=O) groups excluding carboxylic acids is 2. The third-order valence-electron chi connectivity index (χ3n) is 2.93. The first-order valence-corrected chi connectivity index (χ1v) is 7.24. The average Bonchev–Trinajstić information content (AvgIpc) is 2.71. The van der Waals surface area contributed by atoms with E-state index in [4.69, 9.17) is 0 Å². The van der Waals surface area contributed by atoms with Crippen molar-refractivity contribution in [3.63, 3.8) is 0 Å². The van der Waals surface area contributed by atoms with Crippen LogP contribution >= 0.6 is 11.8 Å². The van der Waals surface area contributed by atoms with E-state index in [1.54, 1.807) is 6.92 Å². The molecule has 0 radical (unpaired) electrons. The van der Waals surface area contributed by atoms with Crippen LogP contribution in [0.3, 0.4) is 0 Å². The largest absolute Gasteiger partial charge is 0.480 e. The summed E-state index contributed by atoms with van der Waals surface area (Å²) in [5.41, 5.74) is 0. The molecule has 0 aromatic carbocycles. The lowest BCUT2D eigenvalue weighted by molar-refractivity contribution is -0.150. The van der Waals surface area contributed by atoms with Gasteiger partial charge in [0, 0.05) is 12.7 Å². The van der Waals surface area contributed by atoms with E-state index < -0.39 is 18.1 Å². The second-order valence-electron chi connectivity index (χ2n) is 4.99. The van der Waals surface area contributed by atoms with Gasteiger partial charge >= 0.3 is 5.97 Å². The Balaban J connectivity index is 2.92. The Hall–Kier alpha value is -1.24. The van der Waals surface area contributed by atoms with Gasteiger partial charge in [-0.1, -0.05) is 13.8 Å². The molecule has 6 nitrogen and oxygen atoms in total. The first-order valence-electron chi connectivity index (χ1n) is 6.19. The zero-order chi connectivity index (χ0) is 14.7. The van der Waals surface area contributed by atoms with Crippen molar-refractivity contribution in [2.45, 2.75) is 45.2 Å². The van der Waals surface area contributed by atoms with E-state index in [0.717, 1.165) is 0 Å². The lowest BCUT2D eigenvalue weighted by atomic mass is 10.1. The minimum absolute atomic E-state index is 0.155. The monoisotopic (exact) mass is 288 g/mol. The van der Waals surface area contributed by atoms with Gasteiger partial charge in [-0.15, -0.1) is 11.8 Å². The maximum atomic E-state index is 12.3.